The van der Waals surface area contributed by atoms with Crippen molar-refractivity contribution in [3.8, 4) is 0 Å². The number of hydrogen-bond donors (Lipinski definition) is 2. The van der Waals surface area contributed by atoms with Crippen LogP contribution in [-0.4, -0.2) is 16.2 Å². The Balaban J connectivity index is 1.90. The zero-order valence-electron chi connectivity index (χ0n) is 8.29. The Bertz CT molecular complexity index is 360. The van der Waals surface area contributed by atoms with Gasteiger partial charge in [0.2, 0.25) is 0 Å². The molecule has 0 amide bonds. The van der Waals surface area contributed by atoms with Gasteiger partial charge in [0.25, 0.3) is 5.56 Å². The van der Waals surface area contributed by atoms with Gasteiger partial charge >= 0.3 is 0 Å². The van der Waals surface area contributed by atoms with Crippen molar-refractivity contribution in [2.45, 2.75) is 32.2 Å². The maximum absolute atomic E-state index is 10.9. The zero-order valence-corrected chi connectivity index (χ0v) is 8.29. The van der Waals surface area contributed by atoms with E-state index in [4.69, 9.17) is 0 Å². The lowest BCUT2D eigenvalue weighted by Crippen LogP contribution is -2.11. The molecule has 2 unspecified atom stereocenters. The molecule has 2 N–H and O–H groups in total. The van der Waals surface area contributed by atoms with Gasteiger partial charge in [0.1, 0.15) is 0 Å². The molecule has 14 heavy (non-hydrogen) atoms. The summed E-state index contributed by atoms with van der Waals surface area (Å²) >= 11 is 0. The highest BCUT2D eigenvalue weighted by Gasteiger charge is 2.35. The fourth-order valence-corrected chi connectivity index (χ4v) is 1.78. The fraction of sp³-hybridized carbons (Fsp3) is 0.600. The maximum Gasteiger partial charge on any atom is 0.266 e. The van der Waals surface area contributed by atoms with Crippen LogP contribution in [0.2, 0.25) is 0 Å². The Morgan fingerprint density at radius 1 is 1.71 bits per heavy atom. The van der Waals surface area contributed by atoms with Gasteiger partial charge in [0.15, 0.2) is 0 Å². The highest BCUT2D eigenvalue weighted by atomic mass is 16.1. The first-order valence-corrected chi connectivity index (χ1v) is 5.11. The molecule has 2 atom stereocenters. The molecule has 0 radical (unpaired) electrons. The van der Waals surface area contributed by atoms with Crippen molar-refractivity contribution in [3.05, 3.63) is 22.6 Å². The van der Waals surface area contributed by atoms with Crippen LogP contribution in [0.25, 0.3) is 0 Å². The summed E-state index contributed by atoms with van der Waals surface area (Å²) in [5, 5.41) is 9.40. The number of aromatic amines is 1. The molecule has 1 heterocycles. The largest absolute Gasteiger partial charge is 0.381 e. The average Bonchev–Trinajstić information content (AvgIpc) is 2.84. The number of H-pyrrole nitrogens is 1. The predicted octanol–water partition coefficient (Wildman–Crippen LogP) is 1.37. The SMILES string of the molecule is CCCC1CC1Nc1cn[nH]c(=O)c1. The van der Waals surface area contributed by atoms with E-state index in [0.29, 0.717) is 6.04 Å². The molecule has 0 spiro atoms. The molecule has 2 rings (SSSR count). The van der Waals surface area contributed by atoms with Crippen molar-refractivity contribution in [1.29, 1.82) is 0 Å². The van der Waals surface area contributed by atoms with Crippen LogP contribution >= 0.6 is 0 Å². The lowest BCUT2D eigenvalue weighted by atomic mass is 10.2. The number of anilines is 1. The van der Waals surface area contributed by atoms with E-state index in [9.17, 15) is 4.79 Å². The molecule has 76 valence electrons. The molecule has 0 aromatic carbocycles. The number of aromatic nitrogens is 2. The van der Waals surface area contributed by atoms with Crippen LogP contribution in [0, 0.1) is 5.92 Å². The molecular formula is C10H15N3O. The lowest BCUT2D eigenvalue weighted by Gasteiger charge is -2.03. The molecule has 1 saturated carbocycles. The summed E-state index contributed by atoms with van der Waals surface area (Å²) in [7, 11) is 0. The minimum Gasteiger partial charge on any atom is -0.381 e. The summed E-state index contributed by atoms with van der Waals surface area (Å²) in [6, 6.07) is 2.10. The number of nitrogens with one attached hydrogen (secondary N) is 2. The number of rotatable bonds is 4. The summed E-state index contributed by atoms with van der Waals surface area (Å²) in [5.74, 6) is 0.791. The third-order valence-electron chi connectivity index (χ3n) is 2.60. The normalized spacial score (nSPS) is 24.6. The summed E-state index contributed by atoms with van der Waals surface area (Å²) in [6.07, 6.45) is 5.38. The van der Waals surface area contributed by atoms with E-state index in [-0.39, 0.29) is 5.56 Å². The predicted molar refractivity (Wildman–Crippen MR) is 55.3 cm³/mol. The van der Waals surface area contributed by atoms with Gasteiger partial charge in [-0.3, -0.25) is 4.79 Å². The van der Waals surface area contributed by atoms with E-state index in [1.807, 2.05) is 0 Å². The summed E-state index contributed by atoms with van der Waals surface area (Å²) in [5.41, 5.74) is 0.681. The molecule has 4 heteroatoms. The minimum atomic E-state index is -0.150. The van der Waals surface area contributed by atoms with Gasteiger partial charge in [-0.1, -0.05) is 13.3 Å². The third kappa shape index (κ3) is 2.13. The van der Waals surface area contributed by atoms with E-state index in [1.165, 1.54) is 19.3 Å². The van der Waals surface area contributed by atoms with Gasteiger partial charge in [0, 0.05) is 12.1 Å². The van der Waals surface area contributed by atoms with Crippen molar-refractivity contribution in [1.82, 2.24) is 10.2 Å². The Hall–Kier alpha value is -1.32. The van der Waals surface area contributed by atoms with Gasteiger partial charge in [-0.05, 0) is 18.8 Å². The molecule has 0 bridgehead atoms. The molecule has 0 saturated heterocycles. The summed E-state index contributed by atoms with van der Waals surface area (Å²) in [6.45, 7) is 2.20. The van der Waals surface area contributed by atoms with Crippen molar-refractivity contribution in [2.75, 3.05) is 5.32 Å². The van der Waals surface area contributed by atoms with E-state index in [1.54, 1.807) is 12.3 Å². The van der Waals surface area contributed by atoms with Crippen LogP contribution in [0.1, 0.15) is 26.2 Å². The lowest BCUT2D eigenvalue weighted by molar-refractivity contribution is 0.692. The summed E-state index contributed by atoms with van der Waals surface area (Å²) < 4.78 is 0. The van der Waals surface area contributed by atoms with Crippen LogP contribution in [0.5, 0.6) is 0 Å². The fourth-order valence-electron chi connectivity index (χ4n) is 1.78. The molecule has 4 nitrogen and oxygen atoms in total. The second-order valence-corrected chi connectivity index (χ2v) is 3.87. The monoisotopic (exact) mass is 193 g/mol. The van der Waals surface area contributed by atoms with Crippen molar-refractivity contribution < 1.29 is 0 Å². The average molecular weight is 193 g/mol. The van der Waals surface area contributed by atoms with Crippen LogP contribution < -0.4 is 10.9 Å². The van der Waals surface area contributed by atoms with Crippen LogP contribution in [0.3, 0.4) is 0 Å². The molecular weight excluding hydrogens is 178 g/mol. The Kier molecular flexibility index (Phi) is 2.52. The molecule has 1 aliphatic rings. The van der Waals surface area contributed by atoms with Crippen LogP contribution in [0.15, 0.2) is 17.1 Å². The highest BCUT2D eigenvalue weighted by molar-refractivity contribution is 5.41. The summed E-state index contributed by atoms with van der Waals surface area (Å²) in [4.78, 5) is 10.9. The quantitative estimate of drug-likeness (QED) is 0.759. The Morgan fingerprint density at radius 2 is 2.57 bits per heavy atom. The molecule has 1 aromatic rings. The Morgan fingerprint density at radius 3 is 3.29 bits per heavy atom. The van der Waals surface area contributed by atoms with Gasteiger partial charge in [-0.25, -0.2) is 5.10 Å². The van der Waals surface area contributed by atoms with Crippen LogP contribution in [-0.2, 0) is 0 Å². The zero-order chi connectivity index (χ0) is 9.97. The van der Waals surface area contributed by atoms with E-state index in [2.05, 4.69) is 22.4 Å². The van der Waals surface area contributed by atoms with Crippen molar-refractivity contribution in [3.63, 3.8) is 0 Å². The number of nitrogens with zero attached hydrogens (tertiary/aromatic N) is 1. The van der Waals surface area contributed by atoms with Gasteiger partial charge < -0.3 is 5.32 Å². The van der Waals surface area contributed by atoms with E-state index >= 15 is 0 Å². The minimum absolute atomic E-state index is 0.150. The molecule has 1 aromatic heterocycles. The first-order valence-electron chi connectivity index (χ1n) is 5.11. The topological polar surface area (TPSA) is 57.8 Å². The number of hydrogen-bond acceptors (Lipinski definition) is 3. The first-order chi connectivity index (χ1) is 6.79. The molecule has 0 aliphatic heterocycles. The van der Waals surface area contributed by atoms with Crippen molar-refractivity contribution in [2.24, 2.45) is 5.92 Å². The second-order valence-electron chi connectivity index (χ2n) is 3.87. The third-order valence-corrected chi connectivity index (χ3v) is 2.60. The maximum atomic E-state index is 10.9. The standard InChI is InChI=1S/C10H15N3O/c1-2-3-7-4-9(7)12-8-5-10(14)13-11-6-8/h5-7,9H,2-4H2,1H3,(H2,12,13,14). The Labute approximate surface area is 82.7 Å². The van der Waals surface area contributed by atoms with E-state index in [0.717, 1.165) is 11.6 Å². The second kappa shape index (κ2) is 3.82. The first kappa shape index (κ1) is 9.24. The highest BCUT2D eigenvalue weighted by Crippen LogP contribution is 2.36. The van der Waals surface area contributed by atoms with Gasteiger partial charge in [0.05, 0.1) is 11.9 Å². The van der Waals surface area contributed by atoms with Gasteiger partial charge in [-0.2, -0.15) is 5.10 Å². The molecule has 1 fully saturated rings. The molecule has 1 aliphatic carbocycles. The van der Waals surface area contributed by atoms with E-state index < -0.39 is 0 Å². The van der Waals surface area contributed by atoms with Gasteiger partial charge in [-0.15, -0.1) is 0 Å². The van der Waals surface area contributed by atoms with Crippen LogP contribution in [0.4, 0.5) is 5.69 Å². The smallest absolute Gasteiger partial charge is 0.266 e. The van der Waals surface area contributed by atoms with Crippen molar-refractivity contribution >= 4 is 5.69 Å².